The van der Waals surface area contributed by atoms with Gasteiger partial charge in [0, 0.05) is 48.6 Å². The molecule has 1 atom stereocenters. The van der Waals surface area contributed by atoms with Gasteiger partial charge in [-0.25, -0.2) is 9.37 Å². The van der Waals surface area contributed by atoms with Crippen molar-refractivity contribution in [1.82, 2.24) is 9.88 Å². The Hall–Kier alpha value is -2.48. The molecule has 2 aliphatic rings. The molecule has 0 radical (unpaired) electrons. The number of thiazole rings is 1. The molecule has 8 heteroatoms. The van der Waals surface area contributed by atoms with Crippen molar-refractivity contribution in [2.75, 3.05) is 36.4 Å². The number of hydrogen-bond donors (Lipinski definition) is 1. The fourth-order valence-corrected chi connectivity index (χ4v) is 5.36. The Labute approximate surface area is 186 Å². The van der Waals surface area contributed by atoms with Gasteiger partial charge < -0.3 is 15.1 Å². The predicted molar refractivity (Wildman–Crippen MR) is 121 cm³/mol. The summed E-state index contributed by atoms with van der Waals surface area (Å²) in [6, 6.07) is 4.78. The number of carbonyl (C=O) groups excluding carboxylic acids is 2. The summed E-state index contributed by atoms with van der Waals surface area (Å²) in [5, 5.41) is 3.85. The van der Waals surface area contributed by atoms with Crippen LogP contribution in [0.25, 0.3) is 0 Å². The van der Waals surface area contributed by atoms with E-state index in [0.717, 1.165) is 54.7 Å². The van der Waals surface area contributed by atoms with Crippen LogP contribution in [-0.2, 0) is 22.4 Å². The van der Waals surface area contributed by atoms with Crippen LogP contribution in [0.4, 0.5) is 15.2 Å². The molecule has 1 N–H and O–H groups in total. The van der Waals surface area contributed by atoms with Crippen LogP contribution >= 0.6 is 11.3 Å². The maximum atomic E-state index is 13.8. The highest BCUT2D eigenvalue weighted by molar-refractivity contribution is 7.15. The number of aromatic nitrogens is 1. The highest BCUT2D eigenvalue weighted by atomic mass is 32.1. The van der Waals surface area contributed by atoms with Gasteiger partial charge in [0.05, 0.1) is 5.69 Å². The largest absolute Gasteiger partial charge is 0.345 e. The lowest BCUT2D eigenvalue weighted by atomic mass is 9.90. The molecule has 2 aromatic rings. The Kier molecular flexibility index (Phi) is 6.27. The number of amides is 2. The Morgan fingerprint density at radius 1 is 1.23 bits per heavy atom. The molecule has 4 rings (SSSR count). The number of fused-ring (bicyclic) bond motifs is 1. The number of piperazine rings is 1. The maximum Gasteiger partial charge on any atom is 0.227 e. The smallest absolute Gasteiger partial charge is 0.227 e. The molecule has 1 aliphatic heterocycles. The fraction of sp³-hybridized carbons (Fsp3) is 0.522. The molecular formula is C23H29FN4O2S. The lowest BCUT2D eigenvalue weighted by molar-refractivity contribution is -0.134. The first-order valence-corrected chi connectivity index (χ1v) is 11.7. The van der Waals surface area contributed by atoms with E-state index in [1.54, 1.807) is 30.4 Å². The average molecular weight is 445 g/mol. The van der Waals surface area contributed by atoms with Crippen LogP contribution in [0.2, 0.25) is 0 Å². The summed E-state index contributed by atoms with van der Waals surface area (Å²) in [6.45, 7) is 8.59. The minimum Gasteiger partial charge on any atom is -0.345 e. The van der Waals surface area contributed by atoms with Crippen LogP contribution in [-0.4, -0.2) is 47.9 Å². The third kappa shape index (κ3) is 4.74. The molecule has 166 valence electrons. The second-order valence-electron chi connectivity index (χ2n) is 8.73. The van der Waals surface area contributed by atoms with Gasteiger partial charge in [-0.1, -0.05) is 19.9 Å². The topological polar surface area (TPSA) is 65.5 Å². The molecule has 1 aromatic carbocycles. The molecule has 2 heterocycles. The molecule has 1 aliphatic carbocycles. The van der Waals surface area contributed by atoms with Crippen molar-refractivity contribution < 1.29 is 14.0 Å². The number of rotatable bonds is 4. The highest BCUT2D eigenvalue weighted by Gasteiger charge is 2.30. The molecule has 6 nitrogen and oxygen atoms in total. The molecule has 1 fully saturated rings. The number of carbonyl (C=O) groups is 2. The summed E-state index contributed by atoms with van der Waals surface area (Å²) in [5.41, 5.74) is 2.15. The minimum absolute atomic E-state index is 0.0261. The van der Waals surface area contributed by atoms with E-state index in [1.807, 2.05) is 18.7 Å². The van der Waals surface area contributed by atoms with E-state index in [-0.39, 0.29) is 29.5 Å². The molecule has 31 heavy (non-hydrogen) atoms. The first-order chi connectivity index (χ1) is 14.8. The zero-order valence-electron chi connectivity index (χ0n) is 18.3. The van der Waals surface area contributed by atoms with E-state index in [2.05, 4.69) is 10.2 Å². The number of halogens is 1. The van der Waals surface area contributed by atoms with Crippen LogP contribution in [0.5, 0.6) is 0 Å². The number of benzene rings is 1. The third-order valence-electron chi connectivity index (χ3n) is 6.09. The highest BCUT2D eigenvalue weighted by Crippen LogP contribution is 2.35. The molecule has 0 saturated carbocycles. The van der Waals surface area contributed by atoms with Gasteiger partial charge in [-0.2, -0.15) is 0 Å². The van der Waals surface area contributed by atoms with Crippen molar-refractivity contribution in [2.24, 2.45) is 11.8 Å². The standard InChI is InChI=1S/C23H29FN4O2S/c1-14(2)22(30)27-8-10-28(11-9-27)23-26-19-7-5-16(12-20(19)31-23)21(29)25-17-6-4-15(3)18(24)13-17/h4,6,13-14,16H,5,7-12H2,1-3H3,(H,25,29)/t16-/m0/s1. The number of anilines is 2. The van der Waals surface area contributed by atoms with Gasteiger partial charge in [-0.3, -0.25) is 9.59 Å². The summed E-state index contributed by atoms with van der Waals surface area (Å²) in [4.78, 5) is 35.1. The number of nitrogens with zero attached hydrogens (tertiary/aromatic N) is 3. The summed E-state index contributed by atoms with van der Waals surface area (Å²) in [6.07, 6.45) is 2.18. The van der Waals surface area contributed by atoms with Crippen LogP contribution in [0.3, 0.4) is 0 Å². The van der Waals surface area contributed by atoms with E-state index >= 15 is 0 Å². The van der Waals surface area contributed by atoms with Gasteiger partial charge >= 0.3 is 0 Å². The van der Waals surface area contributed by atoms with Gasteiger partial charge in [0.2, 0.25) is 11.8 Å². The summed E-state index contributed by atoms with van der Waals surface area (Å²) < 4.78 is 13.8. The van der Waals surface area contributed by atoms with E-state index in [9.17, 15) is 14.0 Å². The Morgan fingerprint density at radius 3 is 2.65 bits per heavy atom. The van der Waals surface area contributed by atoms with Crippen LogP contribution in [0.1, 0.15) is 36.4 Å². The Bertz CT molecular complexity index is 982. The lowest BCUT2D eigenvalue weighted by Gasteiger charge is -2.35. The first kappa shape index (κ1) is 21.7. The van der Waals surface area contributed by atoms with E-state index < -0.39 is 0 Å². The summed E-state index contributed by atoms with van der Waals surface area (Å²) in [7, 11) is 0. The van der Waals surface area contributed by atoms with Crippen molar-refractivity contribution in [3.05, 3.63) is 40.2 Å². The zero-order valence-corrected chi connectivity index (χ0v) is 19.1. The second kappa shape index (κ2) is 8.94. The molecule has 1 saturated heterocycles. The summed E-state index contributed by atoms with van der Waals surface area (Å²) in [5.74, 6) is -0.278. The quantitative estimate of drug-likeness (QED) is 0.782. The number of nitrogens with one attached hydrogen (secondary N) is 1. The summed E-state index contributed by atoms with van der Waals surface area (Å²) >= 11 is 1.66. The average Bonchev–Trinajstić information content (AvgIpc) is 3.19. The van der Waals surface area contributed by atoms with E-state index in [4.69, 9.17) is 4.98 Å². The molecule has 0 spiro atoms. The van der Waals surface area contributed by atoms with Crippen LogP contribution in [0, 0.1) is 24.6 Å². The van der Waals surface area contributed by atoms with Crippen LogP contribution in [0.15, 0.2) is 18.2 Å². The fourth-order valence-electron chi connectivity index (χ4n) is 4.12. The van der Waals surface area contributed by atoms with Crippen molar-refractivity contribution in [3.8, 4) is 0 Å². The lowest BCUT2D eigenvalue weighted by Crippen LogP contribution is -2.49. The predicted octanol–water partition coefficient (Wildman–Crippen LogP) is 3.64. The van der Waals surface area contributed by atoms with E-state index in [0.29, 0.717) is 17.7 Å². The Balaban J connectivity index is 1.37. The molecular weight excluding hydrogens is 415 g/mol. The van der Waals surface area contributed by atoms with Gasteiger partial charge in [-0.05, 0) is 43.9 Å². The maximum absolute atomic E-state index is 13.8. The molecule has 0 bridgehead atoms. The number of aryl methyl sites for hydroxylation is 2. The zero-order chi connectivity index (χ0) is 22.1. The molecule has 1 aromatic heterocycles. The van der Waals surface area contributed by atoms with Crippen molar-refractivity contribution >= 4 is 34.0 Å². The van der Waals surface area contributed by atoms with E-state index in [1.165, 1.54) is 6.07 Å². The van der Waals surface area contributed by atoms with Gasteiger partial charge in [0.25, 0.3) is 0 Å². The van der Waals surface area contributed by atoms with Gasteiger partial charge in [-0.15, -0.1) is 11.3 Å². The van der Waals surface area contributed by atoms with Crippen molar-refractivity contribution in [1.29, 1.82) is 0 Å². The molecule has 0 unspecified atom stereocenters. The normalized spacial score (nSPS) is 18.8. The van der Waals surface area contributed by atoms with Crippen molar-refractivity contribution in [3.63, 3.8) is 0 Å². The molecule has 2 amide bonds. The monoisotopic (exact) mass is 444 g/mol. The minimum atomic E-state index is -0.314. The third-order valence-corrected chi connectivity index (χ3v) is 7.28. The second-order valence-corrected chi connectivity index (χ2v) is 9.79. The van der Waals surface area contributed by atoms with Crippen molar-refractivity contribution in [2.45, 2.75) is 40.0 Å². The number of hydrogen-bond acceptors (Lipinski definition) is 5. The van der Waals surface area contributed by atoms with Gasteiger partial charge in [0.15, 0.2) is 5.13 Å². The SMILES string of the molecule is Cc1ccc(NC(=O)[C@H]2CCc3nc(N4CCN(C(=O)C(C)C)CC4)sc3C2)cc1F. The Morgan fingerprint density at radius 2 is 1.97 bits per heavy atom. The first-order valence-electron chi connectivity index (χ1n) is 10.9. The van der Waals surface area contributed by atoms with Crippen LogP contribution < -0.4 is 10.2 Å². The van der Waals surface area contributed by atoms with Gasteiger partial charge in [0.1, 0.15) is 5.82 Å².